The average molecular weight is 336 g/mol. The maximum Gasteiger partial charge on any atom is 2.00 e. The van der Waals surface area contributed by atoms with Gasteiger partial charge < -0.3 is 60.5 Å². The van der Waals surface area contributed by atoms with E-state index in [-0.39, 0.29) is 19.5 Å². The van der Waals surface area contributed by atoms with E-state index in [2.05, 4.69) is 60.5 Å². The maximum atomic E-state index is 4.53. The molecule has 0 aliphatic rings. The van der Waals surface area contributed by atoms with Crippen LogP contribution in [0.2, 0.25) is 0 Å². The second-order valence-electron chi connectivity index (χ2n) is 2.59. The Kier molecular flexibility index (Phi) is 18.0. The van der Waals surface area contributed by atoms with Gasteiger partial charge in [-0.05, 0) is 8.64 Å². The van der Waals surface area contributed by atoms with Gasteiger partial charge in [-0.1, -0.05) is 0 Å². The predicted molar refractivity (Wildman–Crippen MR) is 73.6 cm³/mol. The summed E-state index contributed by atoms with van der Waals surface area (Å²) in [4.78, 5) is 0. The largest absolute Gasteiger partial charge is 2.00 e. The smallest absolute Gasteiger partial charge is 0.410 e. The summed E-state index contributed by atoms with van der Waals surface area (Å²) < 4.78 is 0.759. The van der Waals surface area contributed by atoms with Crippen LogP contribution in [0, 0.1) is 0 Å². The van der Waals surface area contributed by atoms with Crippen molar-refractivity contribution in [2.75, 3.05) is 28.2 Å². The van der Waals surface area contributed by atoms with E-state index < -0.39 is 0 Å². The Balaban J connectivity index is -0.000000180. The van der Waals surface area contributed by atoms with Gasteiger partial charge in [0.25, 0.3) is 0 Å². The third-order valence-electron chi connectivity index (χ3n) is 0.630. The van der Waals surface area contributed by atoms with E-state index in [0.29, 0.717) is 8.64 Å². The second kappa shape index (κ2) is 12.8. The van der Waals surface area contributed by atoms with E-state index in [0.717, 1.165) is 0 Å². The van der Waals surface area contributed by atoms with Gasteiger partial charge >= 0.3 is 19.5 Å². The van der Waals surface area contributed by atoms with Crippen molar-refractivity contribution in [3.8, 4) is 0 Å². The van der Waals surface area contributed by atoms with Crippen molar-refractivity contribution in [3.05, 3.63) is 0 Å². The summed E-state index contributed by atoms with van der Waals surface area (Å²) in [6.45, 7) is 0. The first-order valence-electron chi connectivity index (χ1n) is 3.55. The van der Waals surface area contributed by atoms with Crippen LogP contribution in [0.5, 0.6) is 0 Å². The van der Waals surface area contributed by atoms with Crippen LogP contribution in [0.25, 0.3) is 0 Å². The average Bonchev–Trinajstić information content (AvgIpc) is 1.79. The Morgan fingerprint density at radius 1 is 0.867 bits per heavy atom. The fourth-order valence-electron chi connectivity index (χ4n) is 0.365. The van der Waals surface area contributed by atoms with Crippen LogP contribution in [0.15, 0.2) is 0 Å². The van der Waals surface area contributed by atoms with Crippen molar-refractivity contribution in [3.63, 3.8) is 0 Å². The summed E-state index contributed by atoms with van der Waals surface area (Å²) in [5, 5.41) is 3.41. The fourth-order valence-corrected chi connectivity index (χ4v) is 1.10. The van der Waals surface area contributed by atoms with Gasteiger partial charge in [-0.3, -0.25) is 0 Å². The van der Waals surface area contributed by atoms with Crippen molar-refractivity contribution in [1.29, 1.82) is 0 Å². The summed E-state index contributed by atoms with van der Waals surface area (Å²) in [6, 6.07) is 0. The van der Waals surface area contributed by atoms with Crippen LogP contribution in [0.1, 0.15) is 0 Å². The number of thiocarbonyl (C=S) groups is 2. The molecule has 0 aromatic heterocycles. The summed E-state index contributed by atoms with van der Waals surface area (Å²) in [5.74, 6) is 0. The molecule has 0 aliphatic carbocycles. The number of hydrogen-bond acceptors (Lipinski definition) is 6. The number of nitrogens with zero attached hydrogens (tertiary/aromatic N) is 2. The van der Waals surface area contributed by atoms with Crippen molar-refractivity contribution < 1.29 is 19.5 Å². The Labute approximate surface area is 126 Å². The molecule has 84 valence electrons. The van der Waals surface area contributed by atoms with Gasteiger partial charge in [0.1, 0.15) is 0 Å². The minimum atomic E-state index is 0. The summed E-state index contributed by atoms with van der Waals surface area (Å²) in [6.07, 6.45) is 0. The van der Waals surface area contributed by atoms with E-state index in [1.165, 1.54) is 0 Å². The normalized spacial score (nSPS) is 8.40. The third kappa shape index (κ3) is 31.3. The van der Waals surface area contributed by atoms with Gasteiger partial charge in [-0.2, -0.15) is 0 Å². The molecule has 0 saturated heterocycles. The Hall–Kier alpha value is 0.763. The molecule has 0 bridgehead atoms. The van der Waals surface area contributed by atoms with Crippen LogP contribution in [-0.4, -0.2) is 46.8 Å². The van der Waals surface area contributed by atoms with Crippen molar-refractivity contribution in [1.82, 2.24) is 20.9 Å². The van der Waals surface area contributed by atoms with Gasteiger partial charge in [0.2, 0.25) is 0 Å². The van der Waals surface area contributed by atoms with Crippen LogP contribution < -0.4 is 10.9 Å². The molecule has 0 radical (unpaired) electrons. The van der Waals surface area contributed by atoms with E-state index in [1.54, 1.807) is 10.0 Å². The monoisotopic (exact) mass is 334 g/mol. The number of rotatable bonds is 2. The van der Waals surface area contributed by atoms with Crippen LogP contribution >= 0.6 is 24.4 Å². The first-order chi connectivity index (χ1) is 6.25. The Bertz CT molecular complexity index is 168. The molecule has 0 atom stereocenters. The molecular weight excluding hydrogens is 322 g/mol. The topological polar surface area (TPSA) is 30.5 Å². The molecule has 0 heterocycles. The molecular formula is C6H14N4S4Zn. The molecule has 0 aromatic rings. The van der Waals surface area contributed by atoms with E-state index in [1.807, 2.05) is 28.2 Å². The standard InChI is InChI=1S/2C3H8N2S2.Zn/c2*1-5(2)4-3(6)7;/h2*1-2H3,(H2,4,6,7);/q;;+2/p-2. The van der Waals surface area contributed by atoms with E-state index in [9.17, 15) is 0 Å². The molecule has 0 fully saturated rings. The zero-order chi connectivity index (χ0) is 11.7. The third-order valence-corrected chi connectivity index (χ3v) is 0.995. The zero-order valence-electron chi connectivity index (χ0n) is 9.23. The molecule has 0 rings (SSSR count). The molecule has 0 saturated carbocycles. The molecule has 0 aliphatic heterocycles. The quantitative estimate of drug-likeness (QED) is 0.310. The minimum absolute atomic E-state index is 0. The first-order valence-corrected chi connectivity index (χ1v) is 5.19. The second-order valence-corrected chi connectivity index (χ2v) is 4.74. The van der Waals surface area contributed by atoms with Gasteiger partial charge in [0.05, 0.1) is 0 Å². The van der Waals surface area contributed by atoms with Gasteiger partial charge in [0.15, 0.2) is 0 Å². The van der Waals surface area contributed by atoms with Crippen LogP contribution in [-0.2, 0) is 44.7 Å². The van der Waals surface area contributed by atoms with Crippen molar-refractivity contribution >= 4 is 58.3 Å². The van der Waals surface area contributed by atoms with E-state index in [4.69, 9.17) is 0 Å². The number of nitrogens with one attached hydrogen (secondary N) is 2. The SMILES string of the molecule is CN(C)NC(=S)[S-].CN(C)NC(=S)[S-].[Zn+2]. The van der Waals surface area contributed by atoms with Crippen molar-refractivity contribution in [2.24, 2.45) is 0 Å². The Morgan fingerprint density at radius 2 is 1.07 bits per heavy atom. The molecule has 0 aromatic carbocycles. The molecule has 9 heteroatoms. The van der Waals surface area contributed by atoms with Gasteiger partial charge in [-0.15, -0.1) is 0 Å². The van der Waals surface area contributed by atoms with Crippen LogP contribution in [0.4, 0.5) is 0 Å². The van der Waals surface area contributed by atoms with Crippen LogP contribution in [0.3, 0.4) is 0 Å². The molecule has 2 N–H and O–H groups in total. The summed E-state index contributed by atoms with van der Waals surface area (Å²) >= 11 is 18.1. The molecule has 0 unspecified atom stereocenters. The fraction of sp³-hybridized carbons (Fsp3) is 0.667. The van der Waals surface area contributed by atoms with Crippen molar-refractivity contribution in [2.45, 2.75) is 0 Å². The Morgan fingerprint density at radius 3 is 1.07 bits per heavy atom. The number of hydrazine groups is 2. The van der Waals surface area contributed by atoms with Gasteiger partial charge in [-0.25, -0.2) is 10.0 Å². The minimum Gasteiger partial charge on any atom is -0.410 e. The zero-order valence-corrected chi connectivity index (χ0v) is 15.5. The molecule has 0 spiro atoms. The number of hydrogen-bond donors (Lipinski definition) is 2. The first kappa shape index (κ1) is 21.1. The summed E-state index contributed by atoms with van der Waals surface area (Å²) in [7, 11) is 7.33. The summed E-state index contributed by atoms with van der Waals surface area (Å²) in [5.41, 5.74) is 5.37. The maximum absolute atomic E-state index is 4.53. The predicted octanol–water partition coefficient (Wildman–Crippen LogP) is -0.234. The van der Waals surface area contributed by atoms with Gasteiger partial charge in [0, 0.05) is 28.2 Å². The molecule has 15 heavy (non-hydrogen) atoms. The van der Waals surface area contributed by atoms with E-state index >= 15 is 0 Å². The molecule has 4 nitrogen and oxygen atoms in total. The molecule has 0 amide bonds.